The fourth-order valence-electron chi connectivity index (χ4n) is 3.02. The molecule has 0 bridgehead atoms. The van der Waals surface area contributed by atoms with E-state index in [1.54, 1.807) is 49.4 Å². The molecule has 0 unspecified atom stereocenters. The fraction of sp³-hybridized carbons (Fsp3) is 0.111. The Kier molecular flexibility index (Phi) is 4.33. The van der Waals surface area contributed by atoms with E-state index in [0.29, 0.717) is 33.5 Å². The summed E-state index contributed by atoms with van der Waals surface area (Å²) in [4.78, 5) is 13.0. The van der Waals surface area contributed by atoms with E-state index < -0.39 is 17.8 Å². The van der Waals surface area contributed by atoms with E-state index in [1.807, 2.05) is 0 Å². The van der Waals surface area contributed by atoms with Gasteiger partial charge in [0, 0.05) is 22.0 Å². The van der Waals surface area contributed by atoms with Crippen molar-refractivity contribution in [1.82, 2.24) is 20.2 Å². The topological polar surface area (TPSA) is 84.7 Å². The SMILES string of the molecule is CC1=C(C(=O)Nc2ccc(Cl)cc2)[C@@H](c2ccccc2F)n2nnnc2N1. The van der Waals surface area contributed by atoms with Gasteiger partial charge in [-0.25, -0.2) is 4.39 Å². The number of amides is 1. The number of fused-ring (bicyclic) bond motifs is 1. The zero-order valence-electron chi connectivity index (χ0n) is 14.1. The second-order valence-corrected chi connectivity index (χ2v) is 6.43. The van der Waals surface area contributed by atoms with Crippen LogP contribution in [0, 0.1) is 5.82 Å². The number of benzene rings is 2. The van der Waals surface area contributed by atoms with Crippen molar-refractivity contribution in [2.24, 2.45) is 0 Å². The van der Waals surface area contributed by atoms with Crippen molar-refractivity contribution in [3.05, 3.63) is 76.2 Å². The van der Waals surface area contributed by atoms with Crippen LogP contribution < -0.4 is 10.6 Å². The first-order valence-electron chi connectivity index (χ1n) is 8.11. The smallest absolute Gasteiger partial charge is 0.255 e. The molecular formula is C18H14ClFN6O. The molecule has 1 aromatic heterocycles. The van der Waals surface area contributed by atoms with Crippen LogP contribution in [0.15, 0.2) is 59.8 Å². The number of carbonyl (C=O) groups is 1. The van der Waals surface area contributed by atoms with E-state index in [2.05, 4.69) is 26.2 Å². The first-order chi connectivity index (χ1) is 13.0. The van der Waals surface area contributed by atoms with Crippen LogP contribution in [-0.2, 0) is 4.79 Å². The van der Waals surface area contributed by atoms with Gasteiger partial charge in [0.25, 0.3) is 5.91 Å². The lowest BCUT2D eigenvalue weighted by Crippen LogP contribution is -2.32. The number of allylic oxidation sites excluding steroid dienone is 1. The number of nitrogens with zero attached hydrogens (tertiary/aromatic N) is 4. The summed E-state index contributed by atoms with van der Waals surface area (Å²) in [5.41, 5.74) is 1.72. The van der Waals surface area contributed by atoms with Gasteiger partial charge in [-0.1, -0.05) is 34.9 Å². The highest BCUT2D eigenvalue weighted by Gasteiger charge is 2.35. The number of aromatic nitrogens is 4. The molecule has 1 aliphatic heterocycles. The molecule has 0 aliphatic carbocycles. The van der Waals surface area contributed by atoms with Crippen molar-refractivity contribution in [2.75, 3.05) is 10.6 Å². The highest BCUT2D eigenvalue weighted by molar-refractivity contribution is 6.30. The third kappa shape index (κ3) is 3.15. The number of halogens is 2. The van der Waals surface area contributed by atoms with Gasteiger partial charge in [0.05, 0.1) is 5.57 Å². The van der Waals surface area contributed by atoms with Gasteiger partial charge in [-0.05, 0) is 47.7 Å². The Morgan fingerprint density at radius 1 is 1.22 bits per heavy atom. The van der Waals surface area contributed by atoms with Gasteiger partial charge in [-0.3, -0.25) is 4.79 Å². The predicted octanol–water partition coefficient (Wildman–Crippen LogP) is 3.39. The summed E-state index contributed by atoms with van der Waals surface area (Å²) in [7, 11) is 0. The van der Waals surface area contributed by atoms with E-state index in [-0.39, 0.29) is 0 Å². The van der Waals surface area contributed by atoms with Crippen LogP contribution >= 0.6 is 11.6 Å². The Morgan fingerprint density at radius 3 is 2.70 bits per heavy atom. The Bertz CT molecular complexity index is 1050. The first kappa shape index (κ1) is 17.2. The van der Waals surface area contributed by atoms with Crippen molar-refractivity contribution < 1.29 is 9.18 Å². The summed E-state index contributed by atoms with van der Waals surface area (Å²) in [6.45, 7) is 1.72. The molecule has 136 valence electrons. The molecule has 3 aromatic rings. The molecule has 1 atom stereocenters. The Morgan fingerprint density at radius 2 is 1.96 bits per heavy atom. The van der Waals surface area contributed by atoms with Crippen LogP contribution in [0.1, 0.15) is 18.5 Å². The van der Waals surface area contributed by atoms with E-state index in [4.69, 9.17) is 11.6 Å². The van der Waals surface area contributed by atoms with Crippen molar-refractivity contribution in [3.8, 4) is 0 Å². The number of nitrogens with one attached hydrogen (secondary N) is 2. The summed E-state index contributed by atoms with van der Waals surface area (Å²) < 4.78 is 15.9. The van der Waals surface area contributed by atoms with Crippen LogP contribution in [-0.4, -0.2) is 26.1 Å². The van der Waals surface area contributed by atoms with Gasteiger partial charge in [0.2, 0.25) is 5.95 Å². The van der Waals surface area contributed by atoms with Crippen LogP contribution in [0.5, 0.6) is 0 Å². The molecular weight excluding hydrogens is 371 g/mol. The molecule has 1 amide bonds. The van der Waals surface area contributed by atoms with Crippen LogP contribution in [0.3, 0.4) is 0 Å². The number of tetrazole rings is 1. The standard InChI is InChI=1S/C18H14ClFN6O/c1-10-15(17(27)22-12-8-6-11(19)7-9-12)16(13-4-2-3-5-14(13)20)26-18(21-10)23-24-25-26/h2-9,16H,1H3,(H,22,27)(H,21,23,25)/t16-/m1/s1. The Labute approximate surface area is 158 Å². The zero-order valence-corrected chi connectivity index (χ0v) is 14.9. The summed E-state index contributed by atoms with van der Waals surface area (Å²) in [5, 5.41) is 17.8. The van der Waals surface area contributed by atoms with Crippen LogP contribution in [0.4, 0.5) is 16.0 Å². The number of rotatable bonds is 3. The maximum absolute atomic E-state index is 14.5. The second kappa shape index (κ2) is 6.81. The lowest BCUT2D eigenvalue weighted by Gasteiger charge is -2.28. The molecule has 2 heterocycles. The summed E-state index contributed by atoms with van der Waals surface area (Å²) in [6, 6.07) is 12.2. The van der Waals surface area contributed by atoms with Crippen LogP contribution in [0.25, 0.3) is 0 Å². The minimum absolute atomic E-state index is 0.299. The van der Waals surface area contributed by atoms with Crippen LogP contribution in [0.2, 0.25) is 5.02 Å². The zero-order chi connectivity index (χ0) is 19.0. The van der Waals surface area contributed by atoms with Crippen molar-refractivity contribution in [1.29, 1.82) is 0 Å². The summed E-state index contributed by atoms with van der Waals surface area (Å²) in [6.07, 6.45) is 0. The number of hydrogen-bond acceptors (Lipinski definition) is 5. The van der Waals surface area contributed by atoms with E-state index >= 15 is 0 Å². The normalized spacial score (nSPS) is 15.9. The van der Waals surface area contributed by atoms with E-state index in [0.717, 1.165) is 0 Å². The van der Waals surface area contributed by atoms with Gasteiger partial charge in [-0.15, -0.1) is 0 Å². The average Bonchev–Trinajstić information content (AvgIpc) is 3.11. The van der Waals surface area contributed by atoms with E-state index in [9.17, 15) is 9.18 Å². The highest BCUT2D eigenvalue weighted by Crippen LogP contribution is 2.35. The number of hydrogen-bond donors (Lipinski definition) is 2. The molecule has 4 rings (SSSR count). The fourth-order valence-corrected chi connectivity index (χ4v) is 3.15. The number of anilines is 2. The molecule has 27 heavy (non-hydrogen) atoms. The molecule has 9 heteroatoms. The number of carbonyl (C=O) groups excluding carboxylic acids is 1. The highest BCUT2D eigenvalue weighted by atomic mass is 35.5. The predicted molar refractivity (Wildman–Crippen MR) is 98.8 cm³/mol. The van der Waals surface area contributed by atoms with Gasteiger partial charge < -0.3 is 10.6 Å². The molecule has 0 radical (unpaired) electrons. The largest absolute Gasteiger partial charge is 0.326 e. The van der Waals surface area contributed by atoms with Crippen molar-refractivity contribution in [3.63, 3.8) is 0 Å². The second-order valence-electron chi connectivity index (χ2n) is 6.00. The first-order valence-corrected chi connectivity index (χ1v) is 8.49. The van der Waals surface area contributed by atoms with Gasteiger partial charge in [0.1, 0.15) is 11.9 Å². The minimum Gasteiger partial charge on any atom is -0.326 e. The van der Waals surface area contributed by atoms with E-state index in [1.165, 1.54) is 10.7 Å². The molecule has 2 N–H and O–H groups in total. The third-order valence-corrected chi connectivity index (χ3v) is 4.51. The maximum Gasteiger partial charge on any atom is 0.255 e. The molecule has 0 fully saturated rings. The van der Waals surface area contributed by atoms with Crippen molar-refractivity contribution in [2.45, 2.75) is 13.0 Å². The maximum atomic E-state index is 14.5. The summed E-state index contributed by atoms with van der Waals surface area (Å²) >= 11 is 5.89. The molecule has 7 nitrogen and oxygen atoms in total. The molecule has 2 aromatic carbocycles. The third-order valence-electron chi connectivity index (χ3n) is 4.26. The molecule has 0 spiro atoms. The molecule has 0 saturated heterocycles. The minimum atomic E-state index is -0.801. The Hall–Kier alpha value is -3.26. The lowest BCUT2D eigenvalue weighted by molar-refractivity contribution is -0.113. The van der Waals surface area contributed by atoms with Gasteiger partial charge >= 0.3 is 0 Å². The monoisotopic (exact) mass is 384 g/mol. The van der Waals surface area contributed by atoms with Gasteiger partial charge in [0.15, 0.2) is 0 Å². The lowest BCUT2D eigenvalue weighted by atomic mass is 9.94. The summed E-state index contributed by atoms with van der Waals surface area (Å²) in [5.74, 6) is -0.504. The molecule has 0 saturated carbocycles. The quantitative estimate of drug-likeness (QED) is 0.723. The molecule has 1 aliphatic rings. The average molecular weight is 385 g/mol. The van der Waals surface area contributed by atoms with Crippen molar-refractivity contribution >= 4 is 29.1 Å². The van der Waals surface area contributed by atoms with Gasteiger partial charge in [-0.2, -0.15) is 4.68 Å². The Balaban J connectivity index is 1.77.